The molecule has 13 rings (SSSR count). The van der Waals surface area contributed by atoms with Gasteiger partial charge in [-0.05, 0) is 107 Å². The molecule has 0 atom stereocenters. The van der Waals surface area contributed by atoms with Crippen molar-refractivity contribution in [1.29, 1.82) is 0 Å². The SMILES string of the molecule is c1ccc(-n2c3cccc4c3c3c(cccc32)N(c2cccc3ccccc23)c2cc(-c3ccc5c(c3)oc3ccccc35)cc(c2)N4c2cccc3ccccc23)cc1. The molecule has 1 aliphatic heterocycles. The zero-order chi connectivity index (χ0) is 39.3. The average molecular weight is 766 g/mol. The second-order valence-electron chi connectivity index (χ2n) is 15.7. The minimum absolute atomic E-state index is 0.877. The molecule has 0 saturated heterocycles. The van der Waals surface area contributed by atoms with Gasteiger partial charge in [0.2, 0.25) is 0 Å². The number of aromatic nitrogens is 1. The van der Waals surface area contributed by atoms with E-state index in [2.05, 4.69) is 215 Å². The summed E-state index contributed by atoms with van der Waals surface area (Å²) >= 11 is 0. The molecule has 280 valence electrons. The minimum Gasteiger partial charge on any atom is -0.456 e. The van der Waals surface area contributed by atoms with E-state index in [0.29, 0.717) is 0 Å². The van der Waals surface area contributed by atoms with Crippen molar-refractivity contribution < 1.29 is 4.42 Å². The maximum Gasteiger partial charge on any atom is 0.136 e. The smallest absolute Gasteiger partial charge is 0.136 e. The van der Waals surface area contributed by atoms with Gasteiger partial charge in [0.25, 0.3) is 0 Å². The van der Waals surface area contributed by atoms with Crippen LogP contribution >= 0.6 is 0 Å². The molecule has 0 amide bonds. The van der Waals surface area contributed by atoms with Gasteiger partial charge in [0.15, 0.2) is 0 Å². The largest absolute Gasteiger partial charge is 0.456 e. The maximum absolute atomic E-state index is 6.49. The number of para-hydroxylation sites is 2. The van der Waals surface area contributed by atoms with E-state index in [9.17, 15) is 0 Å². The van der Waals surface area contributed by atoms with Crippen LogP contribution in [0.5, 0.6) is 0 Å². The number of hydrogen-bond donors (Lipinski definition) is 0. The van der Waals surface area contributed by atoms with Crippen LogP contribution in [0.1, 0.15) is 0 Å². The van der Waals surface area contributed by atoms with Crippen LogP contribution in [0, 0.1) is 0 Å². The molecule has 10 aromatic carbocycles. The van der Waals surface area contributed by atoms with E-state index in [-0.39, 0.29) is 0 Å². The fourth-order valence-corrected chi connectivity index (χ4v) is 9.85. The normalized spacial score (nSPS) is 12.6. The molecule has 12 aromatic rings. The Kier molecular flexibility index (Phi) is 6.98. The Bertz CT molecular complexity index is 3520. The lowest BCUT2D eigenvalue weighted by Gasteiger charge is -2.30. The van der Waals surface area contributed by atoms with Gasteiger partial charge in [0.1, 0.15) is 11.2 Å². The van der Waals surface area contributed by atoms with E-state index >= 15 is 0 Å². The van der Waals surface area contributed by atoms with E-state index in [0.717, 1.165) is 83.9 Å². The number of fused-ring (bicyclic) bond motifs is 7. The highest BCUT2D eigenvalue weighted by Crippen LogP contribution is 2.53. The second kappa shape index (κ2) is 12.7. The molecule has 4 heteroatoms. The highest BCUT2D eigenvalue weighted by Gasteiger charge is 2.29. The highest BCUT2D eigenvalue weighted by atomic mass is 16.3. The Morgan fingerprint density at radius 1 is 0.300 bits per heavy atom. The molecular weight excluding hydrogens is 731 g/mol. The molecule has 0 N–H and O–H groups in total. The molecule has 0 unspecified atom stereocenters. The standard InChI is InChI=1S/C56H35N3O/c1-2-18-40(19-3-1)57-49-25-12-27-51-55(49)56-50(57)26-13-28-52(56)59(48-24-11-17-37-15-5-7-21-44(37)48)42-33-39(38-30-31-46-45-22-8-9-29-53(45)60-54(46)34-38)32-41(35-42)58(51)47-23-10-16-36-14-4-6-20-43(36)47/h1-35H. The summed E-state index contributed by atoms with van der Waals surface area (Å²) in [6.45, 7) is 0. The Labute approximate surface area is 346 Å². The summed E-state index contributed by atoms with van der Waals surface area (Å²) in [5.74, 6) is 0. The van der Waals surface area contributed by atoms with E-state index in [1.54, 1.807) is 0 Å². The highest BCUT2D eigenvalue weighted by molar-refractivity contribution is 6.23. The Morgan fingerprint density at radius 2 is 0.800 bits per heavy atom. The zero-order valence-electron chi connectivity index (χ0n) is 32.5. The molecule has 2 aromatic heterocycles. The van der Waals surface area contributed by atoms with Crippen molar-refractivity contribution in [2.45, 2.75) is 0 Å². The number of nitrogens with zero attached hydrogens (tertiary/aromatic N) is 3. The van der Waals surface area contributed by atoms with Crippen LogP contribution in [-0.4, -0.2) is 4.57 Å². The van der Waals surface area contributed by atoms with Gasteiger partial charge in [-0.3, -0.25) is 0 Å². The predicted molar refractivity (Wildman–Crippen MR) is 251 cm³/mol. The zero-order valence-corrected chi connectivity index (χ0v) is 32.5. The van der Waals surface area contributed by atoms with E-state index in [1.165, 1.54) is 32.3 Å². The Morgan fingerprint density at radius 3 is 1.43 bits per heavy atom. The van der Waals surface area contributed by atoms with Crippen molar-refractivity contribution in [3.05, 3.63) is 212 Å². The first kappa shape index (κ1) is 32.9. The predicted octanol–water partition coefficient (Wildman–Crippen LogP) is 15.9. The molecule has 0 saturated carbocycles. The fourth-order valence-electron chi connectivity index (χ4n) is 9.85. The van der Waals surface area contributed by atoms with Crippen molar-refractivity contribution in [3.63, 3.8) is 0 Å². The first-order chi connectivity index (χ1) is 29.8. The monoisotopic (exact) mass is 765 g/mol. The van der Waals surface area contributed by atoms with Crippen molar-refractivity contribution in [2.75, 3.05) is 9.80 Å². The first-order valence-corrected chi connectivity index (χ1v) is 20.5. The number of anilines is 6. The number of hydrogen-bond acceptors (Lipinski definition) is 3. The summed E-state index contributed by atoms with van der Waals surface area (Å²) in [6, 6.07) is 77.2. The van der Waals surface area contributed by atoms with Crippen LogP contribution in [0.3, 0.4) is 0 Å². The molecule has 60 heavy (non-hydrogen) atoms. The summed E-state index contributed by atoms with van der Waals surface area (Å²) in [4.78, 5) is 4.99. The van der Waals surface area contributed by atoms with Crippen molar-refractivity contribution in [2.24, 2.45) is 0 Å². The summed E-state index contributed by atoms with van der Waals surface area (Å²) in [6.07, 6.45) is 0. The van der Waals surface area contributed by atoms with Gasteiger partial charge in [-0.15, -0.1) is 0 Å². The fraction of sp³-hybridized carbons (Fsp3) is 0. The average Bonchev–Trinajstić information content (AvgIpc) is 3.86. The summed E-state index contributed by atoms with van der Waals surface area (Å²) in [5, 5.41) is 9.39. The number of benzene rings is 10. The molecule has 0 aliphatic carbocycles. The van der Waals surface area contributed by atoms with Crippen LogP contribution in [0.4, 0.5) is 34.1 Å². The van der Waals surface area contributed by atoms with E-state index in [4.69, 9.17) is 4.42 Å². The van der Waals surface area contributed by atoms with Gasteiger partial charge in [-0.25, -0.2) is 0 Å². The first-order valence-electron chi connectivity index (χ1n) is 20.5. The topological polar surface area (TPSA) is 24.6 Å². The van der Waals surface area contributed by atoms with Gasteiger partial charge in [-0.1, -0.05) is 127 Å². The molecule has 4 nitrogen and oxygen atoms in total. The quantitative estimate of drug-likeness (QED) is 0.178. The summed E-state index contributed by atoms with van der Waals surface area (Å²) in [5.41, 5.74) is 14.0. The van der Waals surface area contributed by atoms with Gasteiger partial charge >= 0.3 is 0 Å². The van der Waals surface area contributed by atoms with Crippen molar-refractivity contribution in [3.8, 4) is 16.8 Å². The lowest BCUT2D eigenvalue weighted by atomic mass is 10.00. The third-order valence-electron chi connectivity index (χ3n) is 12.4. The minimum atomic E-state index is 0.877. The second-order valence-corrected chi connectivity index (χ2v) is 15.7. The lowest BCUT2D eigenvalue weighted by molar-refractivity contribution is 0.669. The Balaban J connectivity index is 1.20. The van der Waals surface area contributed by atoms with Crippen molar-refractivity contribution >= 4 is 99.4 Å². The summed E-state index contributed by atoms with van der Waals surface area (Å²) in [7, 11) is 0. The maximum atomic E-state index is 6.49. The number of rotatable bonds is 4. The van der Waals surface area contributed by atoms with Crippen LogP contribution in [0.15, 0.2) is 217 Å². The van der Waals surface area contributed by atoms with Crippen LogP contribution in [-0.2, 0) is 0 Å². The Hall–Kier alpha value is -8.08. The van der Waals surface area contributed by atoms with E-state index in [1.807, 2.05) is 12.1 Å². The third-order valence-corrected chi connectivity index (χ3v) is 12.4. The molecule has 1 aliphatic rings. The van der Waals surface area contributed by atoms with Gasteiger partial charge in [0.05, 0.1) is 33.8 Å². The molecule has 0 fully saturated rings. The van der Waals surface area contributed by atoms with Crippen LogP contribution < -0.4 is 9.80 Å². The van der Waals surface area contributed by atoms with Crippen LogP contribution in [0.25, 0.3) is 82.1 Å². The van der Waals surface area contributed by atoms with E-state index < -0.39 is 0 Å². The van der Waals surface area contributed by atoms with Crippen molar-refractivity contribution in [1.82, 2.24) is 4.57 Å². The van der Waals surface area contributed by atoms with Gasteiger partial charge in [-0.2, -0.15) is 0 Å². The van der Waals surface area contributed by atoms with Gasteiger partial charge in [0, 0.05) is 49.4 Å². The number of furan rings is 1. The molecule has 2 bridgehead atoms. The molecule has 0 radical (unpaired) electrons. The lowest BCUT2D eigenvalue weighted by Crippen LogP contribution is -2.13. The molecular formula is C56H35N3O. The third kappa shape index (κ3) is 4.79. The molecule has 3 heterocycles. The van der Waals surface area contributed by atoms with Gasteiger partial charge < -0.3 is 18.8 Å². The van der Waals surface area contributed by atoms with Crippen LogP contribution in [0.2, 0.25) is 0 Å². The summed E-state index contributed by atoms with van der Waals surface area (Å²) < 4.78 is 8.93. The molecule has 0 spiro atoms.